The lowest BCUT2D eigenvalue weighted by Gasteiger charge is -2.10. The van der Waals surface area contributed by atoms with Crippen molar-refractivity contribution in [2.24, 2.45) is 0 Å². The molecule has 1 amide bonds. The van der Waals surface area contributed by atoms with E-state index in [0.29, 0.717) is 5.56 Å². The normalized spacial score (nSPS) is 11.2. The zero-order valence-corrected chi connectivity index (χ0v) is 15.7. The third kappa shape index (κ3) is 4.26. The van der Waals surface area contributed by atoms with E-state index in [-0.39, 0.29) is 21.1 Å². The molecule has 3 rings (SSSR count). The van der Waals surface area contributed by atoms with Gasteiger partial charge in [0.25, 0.3) is 15.9 Å². The lowest BCUT2D eigenvalue weighted by molar-refractivity contribution is 0.102. The quantitative estimate of drug-likeness (QED) is 0.598. The van der Waals surface area contributed by atoms with E-state index >= 15 is 0 Å². The van der Waals surface area contributed by atoms with Gasteiger partial charge in [0, 0.05) is 11.8 Å². The predicted molar refractivity (Wildman–Crippen MR) is 102 cm³/mol. The van der Waals surface area contributed by atoms with Crippen LogP contribution in [0.3, 0.4) is 0 Å². The highest BCUT2D eigenvalue weighted by atomic mass is 32.2. The van der Waals surface area contributed by atoms with Gasteiger partial charge in [-0.15, -0.1) is 11.3 Å². The van der Waals surface area contributed by atoms with Gasteiger partial charge in [-0.1, -0.05) is 12.1 Å². The smallest absolute Gasteiger partial charge is 0.271 e. The molecule has 0 aliphatic heterocycles. The summed E-state index contributed by atoms with van der Waals surface area (Å²) in [6.45, 7) is 1.60. The third-order valence-electron chi connectivity index (χ3n) is 3.68. The Morgan fingerprint density at radius 3 is 2.48 bits per heavy atom. The number of phenols is 1. The Bertz CT molecular complexity index is 1100. The minimum absolute atomic E-state index is 0.0740. The summed E-state index contributed by atoms with van der Waals surface area (Å²) in [5.74, 6) is -1.52. The van der Waals surface area contributed by atoms with E-state index in [1.165, 1.54) is 36.4 Å². The maximum absolute atomic E-state index is 13.6. The number of sulfonamides is 1. The molecule has 6 nitrogen and oxygen atoms in total. The van der Waals surface area contributed by atoms with Crippen molar-refractivity contribution in [3.63, 3.8) is 0 Å². The largest absolute Gasteiger partial charge is 0.507 e. The summed E-state index contributed by atoms with van der Waals surface area (Å²) in [5, 5.41) is 14.2. The number of hydrogen-bond donors (Lipinski definition) is 3. The zero-order valence-electron chi connectivity index (χ0n) is 14.1. The van der Waals surface area contributed by atoms with Crippen LogP contribution >= 0.6 is 11.3 Å². The van der Waals surface area contributed by atoms with Gasteiger partial charge in [0.2, 0.25) is 0 Å². The first-order chi connectivity index (χ1) is 12.8. The fourth-order valence-electron chi connectivity index (χ4n) is 2.28. The SMILES string of the molecule is Cc1ccc(NC(=O)c2ccc(NS(=O)(=O)c3cccs3)cc2O)cc1F. The van der Waals surface area contributed by atoms with Gasteiger partial charge >= 0.3 is 0 Å². The predicted octanol–water partition coefficient (Wildman–Crippen LogP) is 3.95. The minimum atomic E-state index is -3.76. The van der Waals surface area contributed by atoms with Crippen LogP contribution in [0.25, 0.3) is 0 Å². The molecule has 27 heavy (non-hydrogen) atoms. The number of carbonyl (C=O) groups is 1. The van der Waals surface area contributed by atoms with Crippen LogP contribution in [0.2, 0.25) is 0 Å². The van der Waals surface area contributed by atoms with Crippen LogP contribution in [-0.4, -0.2) is 19.4 Å². The highest BCUT2D eigenvalue weighted by molar-refractivity contribution is 7.94. The highest BCUT2D eigenvalue weighted by Gasteiger charge is 2.17. The average Bonchev–Trinajstić information content (AvgIpc) is 3.13. The van der Waals surface area contributed by atoms with Crippen molar-refractivity contribution in [1.82, 2.24) is 0 Å². The Balaban J connectivity index is 1.78. The number of anilines is 2. The van der Waals surface area contributed by atoms with E-state index in [2.05, 4.69) is 10.0 Å². The average molecular weight is 406 g/mol. The summed E-state index contributed by atoms with van der Waals surface area (Å²) >= 11 is 1.06. The molecule has 1 aromatic heterocycles. The van der Waals surface area contributed by atoms with Crippen LogP contribution in [0.4, 0.5) is 15.8 Å². The molecule has 0 fully saturated rings. The van der Waals surface area contributed by atoms with Crippen molar-refractivity contribution < 1.29 is 22.7 Å². The Morgan fingerprint density at radius 1 is 1.11 bits per heavy atom. The Labute approximate surface area is 159 Å². The molecule has 0 saturated carbocycles. The molecule has 2 aromatic carbocycles. The second kappa shape index (κ2) is 7.37. The number of halogens is 1. The van der Waals surface area contributed by atoms with Gasteiger partial charge in [0.15, 0.2) is 0 Å². The van der Waals surface area contributed by atoms with Crippen molar-refractivity contribution in [2.75, 3.05) is 10.0 Å². The summed E-state index contributed by atoms with van der Waals surface area (Å²) < 4.78 is 40.4. The summed E-state index contributed by atoms with van der Waals surface area (Å²) in [4.78, 5) is 12.3. The van der Waals surface area contributed by atoms with Gasteiger partial charge in [-0.25, -0.2) is 12.8 Å². The lowest BCUT2D eigenvalue weighted by atomic mass is 10.1. The fraction of sp³-hybridized carbons (Fsp3) is 0.0556. The summed E-state index contributed by atoms with van der Waals surface area (Å²) in [5.41, 5.74) is 0.720. The van der Waals surface area contributed by atoms with Crippen molar-refractivity contribution in [2.45, 2.75) is 11.1 Å². The second-order valence-electron chi connectivity index (χ2n) is 5.69. The summed E-state index contributed by atoms with van der Waals surface area (Å²) in [7, 11) is -3.76. The molecule has 0 atom stereocenters. The molecule has 3 N–H and O–H groups in total. The van der Waals surface area contributed by atoms with Crippen molar-refractivity contribution in [3.8, 4) is 5.75 Å². The van der Waals surface area contributed by atoms with E-state index in [4.69, 9.17) is 0 Å². The number of carbonyl (C=O) groups excluding carboxylic acids is 1. The van der Waals surface area contributed by atoms with Gasteiger partial charge in [-0.05, 0) is 48.2 Å². The maximum Gasteiger partial charge on any atom is 0.271 e. The van der Waals surface area contributed by atoms with Crippen LogP contribution in [0, 0.1) is 12.7 Å². The first kappa shape index (κ1) is 18.9. The number of hydrogen-bond acceptors (Lipinski definition) is 5. The van der Waals surface area contributed by atoms with E-state index in [0.717, 1.165) is 17.4 Å². The molecule has 0 bridgehead atoms. The maximum atomic E-state index is 13.6. The van der Waals surface area contributed by atoms with E-state index in [9.17, 15) is 22.7 Å². The van der Waals surface area contributed by atoms with Crippen molar-refractivity contribution >= 4 is 38.6 Å². The number of rotatable bonds is 5. The molecule has 0 unspecified atom stereocenters. The van der Waals surface area contributed by atoms with E-state index in [1.807, 2.05) is 0 Å². The fourth-order valence-corrected chi connectivity index (χ4v) is 4.32. The van der Waals surface area contributed by atoms with Crippen molar-refractivity contribution in [1.29, 1.82) is 0 Å². The van der Waals surface area contributed by atoms with Crippen LogP contribution < -0.4 is 10.0 Å². The Hall–Kier alpha value is -2.91. The summed E-state index contributed by atoms with van der Waals surface area (Å²) in [6.07, 6.45) is 0. The number of thiophene rings is 1. The molecule has 0 spiro atoms. The number of benzene rings is 2. The number of amides is 1. The third-order valence-corrected chi connectivity index (χ3v) is 6.46. The molecule has 9 heteroatoms. The number of aryl methyl sites for hydroxylation is 1. The van der Waals surface area contributed by atoms with Gasteiger partial charge < -0.3 is 10.4 Å². The standard InChI is InChI=1S/C18H15FN2O4S2/c1-11-4-5-12(9-15(11)19)20-18(23)14-7-6-13(10-16(14)22)21-27(24,25)17-3-2-8-26-17/h2-10,21-22H,1H3,(H,20,23). The van der Waals surface area contributed by atoms with Gasteiger partial charge in [0.1, 0.15) is 15.8 Å². The van der Waals surface area contributed by atoms with Gasteiger partial charge in [-0.3, -0.25) is 9.52 Å². The monoisotopic (exact) mass is 406 g/mol. The molecule has 3 aromatic rings. The first-order valence-electron chi connectivity index (χ1n) is 7.73. The Morgan fingerprint density at radius 2 is 1.85 bits per heavy atom. The van der Waals surface area contributed by atoms with Gasteiger partial charge in [0.05, 0.1) is 11.3 Å². The molecule has 0 aliphatic carbocycles. The minimum Gasteiger partial charge on any atom is -0.507 e. The number of phenolic OH excluding ortho intramolecular Hbond substituents is 1. The molecule has 0 radical (unpaired) electrons. The molecule has 0 saturated heterocycles. The molecule has 140 valence electrons. The number of aromatic hydroxyl groups is 1. The highest BCUT2D eigenvalue weighted by Crippen LogP contribution is 2.26. The molecular weight excluding hydrogens is 391 g/mol. The zero-order chi connectivity index (χ0) is 19.6. The van der Waals surface area contributed by atoms with Crippen LogP contribution in [0.1, 0.15) is 15.9 Å². The van der Waals surface area contributed by atoms with Crippen LogP contribution in [0.15, 0.2) is 58.1 Å². The van der Waals surface area contributed by atoms with Gasteiger partial charge in [-0.2, -0.15) is 0 Å². The molecular formula is C18H15FN2O4S2. The molecule has 1 heterocycles. The van der Waals surface area contributed by atoms with E-state index in [1.54, 1.807) is 18.4 Å². The topological polar surface area (TPSA) is 95.5 Å². The Kier molecular flexibility index (Phi) is 5.15. The second-order valence-corrected chi connectivity index (χ2v) is 8.54. The lowest BCUT2D eigenvalue weighted by Crippen LogP contribution is -2.14. The van der Waals surface area contributed by atoms with Crippen LogP contribution in [0.5, 0.6) is 5.75 Å². The van der Waals surface area contributed by atoms with E-state index < -0.39 is 27.5 Å². The van der Waals surface area contributed by atoms with Crippen molar-refractivity contribution in [3.05, 3.63) is 70.9 Å². The molecule has 0 aliphatic rings. The summed E-state index contributed by atoms with van der Waals surface area (Å²) in [6, 6.07) is 11.1. The van der Waals surface area contributed by atoms with Crippen LogP contribution in [-0.2, 0) is 10.0 Å². The first-order valence-corrected chi connectivity index (χ1v) is 10.1. The number of nitrogens with one attached hydrogen (secondary N) is 2.